The molecule has 0 spiro atoms. The summed E-state index contributed by atoms with van der Waals surface area (Å²) < 4.78 is 0. The van der Waals surface area contributed by atoms with E-state index in [1.54, 1.807) is 12.1 Å². The van der Waals surface area contributed by atoms with Gasteiger partial charge in [0, 0.05) is 12.1 Å². The van der Waals surface area contributed by atoms with Crippen LogP contribution in [-0.2, 0) is 16.0 Å². The second kappa shape index (κ2) is 4.90. The number of carboxylic acids is 1. The van der Waals surface area contributed by atoms with E-state index in [-0.39, 0.29) is 5.91 Å². The quantitative estimate of drug-likeness (QED) is 0.855. The van der Waals surface area contributed by atoms with Crippen molar-refractivity contribution in [1.82, 2.24) is 0 Å². The first kappa shape index (κ1) is 14.5. The van der Waals surface area contributed by atoms with Crippen LogP contribution >= 0.6 is 0 Å². The molecule has 20 heavy (non-hydrogen) atoms. The summed E-state index contributed by atoms with van der Waals surface area (Å²) in [5.41, 5.74) is 7.12. The molecule has 1 aliphatic heterocycles. The molecular formula is C15H20N2O3. The summed E-state index contributed by atoms with van der Waals surface area (Å²) in [6.45, 7) is 5.61. The van der Waals surface area contributed by atoms with Crippen LogP contribution in [0.15, 0.2) is 24.3 Å². The molecule has 1 aromatic carbocycles. The summed E-state index contributed by atoms with van der Waals surface area (Å²) in [4.78, 5) is 25.4. The van der Waals surface area contributed by atoms with Gasteiger partial charge in [0.1, 0.15) is 6.04 Å². The van der Waals surface area contributed by atoms with Crippen LogP contribution in [0.5, 0.6) is 0 Å². The van der Waals surface area contributed by atoms with Gasteiger partial charge in [-0.3, -0.25) is 9.69 Å². The molecule has 2 rings (SSSR count). The Kier molecular flexibility index (Phi) is 3.56. The van der Waals surface area contributed by atoms with Crippen molar-refractivity contribution >= 4 is 17.6 Å². The van der Waals surface area contributed by atoms with E-state index in [1.807, 2.05) is 32.9 Å². The number of carbonyl (C=O) groups excluding carboxylic acids is 1. The SMILES string of the molecule is CC(C)(C)[C@@H](N)C(=O)N1c2ccccc2C[C@H]1C(=O)O. The van der Waals surface area contributed by atoms with Gasteiger partial charge in [-0.25, -0.2) is 4.79 Å². The molecule has 0 bridgehead atoms. The smallest absolute Gasteiger partial charge is 0.327 e. The Morgan fingerprint density at radius 1 is 1.35 bits per heavy atom. The van der Waals surface area contributed by atoms with E-state index in [2.05, 4.69) is 0 Å². The van der Waals surface area contributed by atoms with E-state index < -0.39 is 23.5 Å². The third-order valence-electron chi connectivity index (χ3n) is 3.70. The zero-order valence-corrected chi connectivity index (χ0v) is 12.0. The van der Waals surface area contributed by atoms with E-state index >= 15 is 0 Å². The number of aliphatic carboxylic acids is 1. The Balaban J connectivity index is 2.41. The third-order valence-corrected chi connectivity index (χ3v) is 3.70. The maximum absolute atomic E-state index is 12.6. The minimum Gasteiger partial charge on any atom is -0.480 e. The maximum Gasteiger partial charge on any atom is 0.327 e. The number of para-hydroxylation sites is 1. The fourth-order valence-corrected chi connectivity index (χ4v) is 2.38. The number of carboxylic acid groups (broad SMARTS) is 1. The predicted molar refractivity (Wildman–Crippen MR) is 76.5 cm³/mol. The van der Waals surface area contributed by atoms with Gasteiger partial charge >= 0.3 is 5.97 Å². The molecule has 1 heterocycles. The van der Waals surface area contributed by atoms with Crippen molar-refractivity contribution in [2.75, 3.05) is 4.90 Å². The minimum absolute atomic E-state index is 0.327. The van der Waals surface area contributed by atoms with Crippen LogP contribution in [0.2, 0.25) is 0 Å². The second-order valence-electron chi connectivity index (χ2n) is 6.24. The molecule has 3 N–H and O–H groups in total. The number of rotatable bonds is 2. The Morgan fingerprint density at radius 3 is 2.50 bits per heavy atom. The molecule has 0 aromatic heterocycles. The van der Waals surface area contributed by atoms with Gasteiger partial charge in [-0.15, -0.1) is 0 Å². The van der Waals surface area contributed by atoms with Crippen molar-refractivity contribution in [3.63, 3.8) is 0 Å². The summed E-state index contributed by atoms with van der Waals surface area (Å²) in [5.74, 6) is -1.34. The first-order valence-electron chi connectivity index (χ1n) is 6.63. The molecule has 1 aromatic rings. The van der Waals surface area contributed by atoms with E-state index in [9.17, 15) is 14.7 Å². The van der Waals surface area contributed by atoms with E-state index in [0.29, 0.717) is 12.1 Å². The standard InChI is InChI=1S/C15H20N2O3/c1-15(2,3)12(16)13(18)17-10-7-5-4-6-9(10)8-11(17)14(19)20/h4-7,11-12H,8,16H2,1-3H3,(H,19,20)/t11-,12-/m0/s1. The van der Waals surface area contributed by atoms with Gasteiger partial charge in [0.25, 0.3) is 0 Å². The number of hydrogen-bond acceptors (Lipinski definition) is 3. The number of hydrogen-bond donors (Lipinski definition) is 2. The number of nitrogens with zero attached hydrogens (tertiary/aromatic N) is 1. The monoisotopic (exact) mass is 276 g/mol. The molecular weight excluding hydrogens is 256 g/mol. The van der Waals surface area contributed by atoms with Crippen LogP contribution in [0.4, 0.5) is 5.69 Å². The molecule has 0 fully saturated rings. The van der Waals surface area contributed by atoms with E-state index in [1.165, 1.54) is 4.90 Å². The topological polar surface area (TPSA) is 83.6 Å². The number of amides is 1. The molecule has 2 atom stereocenters. The molecule has 0 saturated heterocycles. The molecule has 0 saturated carbocycles. The third kappa shape index (κ3) is 2.41. The first-order chi connectivity index (χ1) is 9.23. The Bertz CT molecular complexity index is 548. The van der Waals surface area contributed by atoms with Crippen molar-refractivity contribution < 1.29 is 14.7 Å². The highest BCUT2D eigenvalue weighted by atomic mass is 16.4. The zero-order valence-electron chi connectivity index (χ0n) is 12.0. The molecule has 0 unspecified atom stereocenters. The molecule has 0 aliphatic carbocycles. The summed E-state index contributed by atoms with van der Waals surface area (Å²) in [6.07, 6.45) is 0.327. The minimum atomic E-state index is -1.00. The summed E-state index contributed by atoms with van der Waals surface area (Å²) in [7, 11) is 0. The number of nitrogens with two attached hydrogens (primary N) is 1. The van der Waals surface area contributed by atoms with Crippen molar-refractivity contribution in [3.8, 4) is 0 Å². The second-order valence-corrected chi connectivity index (χ2v) is 6.24. The largest absolute Gasteiger partial charge is 0.480 e. The van der Waals surface area contributed by atoms with Crippen molar-refractivity contribution in [1.29, 1.82) is 0 Å². The summed E-state index contributed by atoms with van der Waals surface area (Å²) in [6, 6.07) is 5.65. The summed E-state index contributed by atoms with van der Waals surface area (Å²) in [5, 5.41) is 9.35. The Morgan fingerprint density at radius 2 is 1.95 bits per heavy atom. The normalized spacial score (nSPS) is 19.6. The van der Waals surface area contributed by atoms with Gasteiger partial charge in [0.05, 0.1) is 6.04 Å². The highest BCUT2D eigenvalue weighted by molar-refractivity contribution is 6.04. The number of benzene rings is 1. The van der Waals surface area contributed by atoms with E-state index in [4.69, 9.17) is 5.73 Å². The molecule has 1 amide bonds. The molecule has 5 heteroatoms. The van der Waals surface area contributed by atoms with Gasteiger partial charge in [0.15, 0.2) is 0 Å². The first-order valence-corrected chi connectivity index (χ1v) is 6.63. The zero-order chi connectivity index (χ0) is 15.1. The lowest BCUT2D eigenvalue weighted by Crippen LogP contribution is -2.54. The van der Waals surface area contributed by atoms with Gasteiger partial charge in [-0.05, 0) is 17.0 Å². The Labute approximate surface area is 118 Å². The number of anilines is 1. The van der Waals surface area contributed by atoms with Crippen LogP contribution in [0.3, 0.4) is 0 Å². The van der Waals surface area contributed by atoms with Crippen LogP contribution in [0, 0.1) is 5.41 Å². The summed E-state index contributed by atoms with van der Waals surface area (Å²) >= 11 is 0. The van der Waals surface area contributed by atoms with E-state index in [0.717, 1.165) is 5.56 Å². The highest BCUT2D eigenvalue weighted by Crippen LogP contribution is 2.34. The average molecular weight is 276 g/mol. The molecule has 0 radical (unpaired) electrons. The van der Waals surface area contributed by atoms with Crippen molar-refractivity contribution in [3.05, 3.63) is 29.8 Å². The highest BCUT2D eigenvalue weighted by Gasteiger charge is 2.42. The lowest BCUT2D eigenvalue weighted by molar-refractivity contribution is -0.140. The van der Waals surface area contributed by atoms with Crippen LogP contribution in [-0.4, -0.2) is 29.1 Å². The maximum atomic E-state index is 12.6. The van der Waals surface area contributed by atoms with Crippen molar-refractivity contribution in [2.24, 2.45) is 11.1 Å². The predicted octanol–water partition coefficient (Wildman–Crippen LogP) is 1.40. The van der Waals surface area contributed by atoms with Crippen LogP contribution in [0.25, 0.3) is 0 Å². The van der Waals surface area contributed by atoms with Crippen molar-refractivity contribution in [2.45, 2.75) is 39.3 Å². The molecule has 1 aliphatic rings. The molecule has 5 nitrogen and oxygen atoms in total. The number of fused-ring (bicyclic) bond motifs is 1. The van der Waals surface area contributed by atoms with Gasteiger partial charge in [0.2, 0.25) is 5.91 Å². The van der Waals surface area contributed by atoms with Gasteiger partial charge < -0.3 is 10.8 Å². The average Bonchev–Trinajstić information content (AvgIpc) is 2.75. The van der Waals surface area contributed by atoms with Gasteiger partial charge in [-0.1, -0.05) is 39.0 Å². The van der Waals surface area contributed by atoms with Crippen LogP contribution in [0.1, 0.15) is 26.3 Å². The lowest BCUT2D eigenvalue weighted by Gasteiger charge is -2.32. The number of carbonyl (C=O) groups is 2. The molecule has 108 valence electrons. The Hall–Kier alpha value is -1.88. The van der Waals surface area contributed by atoms with Crippen LogP contribution < -0.4 is 10.6 Å². The fourth-order valence-electron chi connectivity index (χ4n) is 2.38. The fraction of sp³-hybridized carbons (Fsp3) is 0.467. The van der Waals surface area contributed by atoms with Gasteiger partial charge in [-0.2, -0.15) is 0 Å². The lowest BCUT2D eigenvalue weighted by atomic mass is 9.86.